The summed E-state index contributed by atoms with van der Waals surface area (Å²) < 4.78 is 41.6. The second kappa shape index (κ2) is 21.4. The number of pyridine rings is 1. The van der Waals surface area contributed by atoms with Crippen molar-refractivity contribution in [2.75, 3.05) is 56.5 Å². The summed E-state index contributed by atoms with van der Waals surface area (Å²) >= 11 is 1.55. The van der Waals surface area contributed by atoms with E-state index in [1.54, 1.807) is 80.1 Å². The van der Waals surface area contributed by atoms with Gasteiger partial charge >= 0.3 is 6.18 Å². The van der Waals surface area contributed by atoms with Crippen LogP contribution in [-0.4, -0.2) is 119 Å². The smallest absolute Gasteiger partial charge is 0.391 e. The number of aliphatic hydroxyl groups is 1. The van der Waals surface area contributed by atoms with Gasteiger partial charge in [0.15, 0.2) is 0 Å². The number of anilines is 2. The number of thiazole rings is 1. The van der Waals surface area contributed by atoms with E-state index in [0.29, 0.717) is 36.0 Å². The lowest BCUT2D eigenvalue weighted by Crippen LogP contribution is -2.57. The zero-order valence-corrected chi connectivity index (χ0v) is 40.2. The Morgan fingerprint density at radius 1 is 0.886 bits per heavy atom. The molecule has 2 aliphatic heterocycles. The highest BCUT2D eigenvalue weighted by Crippen LogP contribution is 2.35. The Balaban J connectivity index is 0.955. The summed E-state index contributed by atoms with van der Waals surface area (Å²) in [6, 6.07) is 17.8. The number of benzene rings is 3. The molecule has 2 fully saturated rings. The van der Waals surface area contributed by atoms with Crippen LogP contribution in [0.2, 0.25) is 0 Å². The Hall–Kier alpha value is -6.90. The zero-order valence-electron chi connectivity index (χ0n) is 39.4. The number of rotatable bonds is 14. The number of aromatic nitrogens is 2. The van der Waals surface area contributed by atoms with Crippen molar-refractivity contribution in [3.8, 4) is 21.6 Å². The third kappa shape index (κ3) is 12.3. The van der Waals surface area contributed by atoms with Gasteiger partial charge in [-0.3, -0.25) is 28.8 Å². The number of alkyl halides is 3. The number of piperazine rings is 1. The average molecular weight is 984 g/mol. The monoisotopic (exact) mass is 983 g/mol. The minimum absolute atomic E-state index is 0.0377. The van der Waals surface area contributed by atoms with Gasteiger partial charge in [0.05, 0.1) is 44.7 Å². The molecular formula is C50H56F3N9O7S. The van der Waals surface area contributed by atoms with E-state index in [-0.39, 0.29) is 43.7 Å². The molecule has 0 bridgehead atoms. The van der Waals surface area contributed by atoms with Gasteiger partial charge in [0, 0.05) is 76.5 Å². The summed E-state index contributed by atoms with van der Waals surface area (Å²) in [5, 5.41) is 21.7. The largest absolute Gasteiger partial charge is 0.417 e. The number of aliphatic hydroxyl groups excluding tert-OH is 1. The van der Waals surface area contributed by atoms with Gasteiger partial charge < -0.3 is 46.1 Å². The predicted molar refractivity (Wildman–Crippen MR) is 260 cm³/mol. The molecule has 70 heavy (non-hydrogen) atoms. The lowest BCUT2D eigenvalue weighted by Gasteiger charge is -2.35. The standard InChI is InChI=1S/C50H56F3N9O7S/c1-29-43(70-28-57-29)32-8-6-30(7-9-32)25-56-47(68)40-23-35(63)27-62(40)48(69)44(49(2,3)4)59-41(64)16-17-54-45(66)33-12-10-31(11-13-33)34-14-15-39(61-20-18-60(5)19-21-61)38(22-34)58-46(67)36-26-55-42(65)24-37(36)50(51,52)53/h6-15,22,24,26,28,35,40,44,63H,16-21,23,25,27H2,1-5H3,(H,54,66)(H,55,65)(H,56,68)(H,58,67)(H,59,64)/t35-,40+,44-/m1/s1. The Morgan fingerprint density at radius 2 is 1.56 bits per heavy atom. The summed E-state index contributed by atoms with van der Waals surface area (Å²) in [7, 11) is 1.97. The Kier molecular flexibility index (Phi) is 15.6. The van der Waals surface area contributed by atoms with Crippen LogP contribution in [-0.2, 0) is 27.1 Å². The molecule has 4 heterocycles. The molecule has 370 valence electrons. The van der Waals surface area contributed by atoms with Gasteiger partial charge in [-0.15, -0.1) is 11.3 Å². The van der Waals surface area contributed by atoms with Crippen molar-refractivity contribution in [1.29, 1.82) is 0 Å². The SMILES string of the molecule is Cc1ncsc1-c1ccc(CNC(=O)[C@@H]2C[C@@H](O)CN2C(=O)[C@@H](NC(=O)CCNC(=O)c2ccc(-c3ccc(N4CCN(C)CC4)c(NC(=O)c4c[nH]c(=O)cc4C(F)(F)F)c3)cc2)C(C)(C)C)cc1. The summed E-state index contributed by atoms with van der Waals surface area (Å²) in [4.78, 5) is 92.3. The predicted octanol–water partition coefficient (Wildman–Crippen LogP) is 5.43. The number of β-amino-alcohol motifs (C(OH)–C–C–N with tert-alkyl or cyclic N) is 1. The van der Waals surface area contributed by atoms with Crippen LogP contribution in [0.5, 0.6) is 0 Å². The molecule has 2 aliphatic rings. The number of carbonyl (C=O) groups excluding carboxylic acids is 5. The van der Waals surface area contributed by atoms with Crippen molar-refractivity contribution in [3.63, 3.8) is 0 Å². The molecule has 3 atom stereocenters. The fourth-order valence-electron chi connectivity index (χ4n) is 8.44. The molecule has 7 rings (SSSR count). The molecule has 0 spiro atoms. The number of aromatic amines is 1. The van der Waals surface area contributed by atoms with Crippen LogP contribution in [0.3, 0.4) is 0 Å². The number of H-pyrrole nitrogens is 1. The maximum Gasteiger partial charge on any atom is 0.417 e. The maximum atomic E-state index is 14.1. The van der Waals surface area contributed by atoms with Crippen molar-refractivity contribution in [2.45, 2.75) is 71.4 Å². The van der Waals surface area contributed by atoms with E-state index in [1.165, 1.54) is 4.90 Å². The quantitative estimate of drug-likeness (QED) is 0.0832. The highest BCUT2D eigenvalue weighted by atomic mass is 32.1. The fraction of sp³-hybridized carbons (Fsp3) is 0.380. The van der Waals surface area contributed by atoms with Gasteiger partial charge in [-0.1, -0.05) is 63.2 Å². The van der Waals surface area contributed by atoms with Crippen molar-refractivity contribution >= 4 is 52.2 Å². The van der Waals surface area contributed by atoms with E-state index in [2.05, 4.69) is 36.1 Å². The zero-order chi connectivity index (χ0) is 50.5. The van der Waals surface area contributed by atoms with Crippen LogP contribution >= 0.6 is 11.3 Å². The van der Waals surface area contributed by atoms with Crippen LogP contribution in [0.15, 0.2) is 89.3 Å². The highest BCUT2D eigenvalue weighted by molar-refractivity contribution is 7.13. The van der Waals surface area contributed by atoms with Crippen molar-refractivity contribution in [2.24, 2.45) is 5.41 Å². The fourth-order valence-corrected chi connectivity index (χ4v) is 9.25. The van der Waals surface area contributed by atoms with Gasteiger partial charge in [0.25, 0.3) is 11.8 Å². The molecule has 5 amide bonds. The van der Waals surface area contributed by atoms with E-state index in [9.17, 15) is 47.0 Å². The van der Waals surface area contributed by atoms with Gasteiger partial charge in [0.1, 0.15) is 12.1 Å². The normalized spacial score (nSPS) is 16.9. The van der Waals surface area contributed by atoms with E-state index < -0.39 is 76.0 Å². The Labute approximate surface area is 406 Å². The third-order valence-electron chi connectivity index (χ3n) is 12.4. The molecule has 20 heteroatoms. The summed E-state index contributed by atoms with van der Waals surface area (Å²) in [6.45, 7) is 9.97. The van der Waals surface area contributed by atoms with E-state index in [1.807, 2.05) is 43.1 Å². The van der Waals surface area contributed by atoms with Crippen molar-refractivity contribution in [3.05, 3.63) is 123 Å². The number of hydrogen-bond acceptors (Lipinski definition) is 11. The van der Waals surface area contributed by atoms with Crippen LogP contribution in [0, 0.1) is 12.3 Å². The number of aryl methyl sites for hydroxylation is 1. The van der Waals surface area contributed by atoms with Gasteiger partial charge in [-0.25, -0.2) is 4.98 Å². The second-order valence-electron chi connectivity index (χ2n) is 18.6. The lowest BCUT2D eigenvalue weighted by molar-refractivity contribution is -0.144. The third-order valence-corrected chi connectivity index (χ3v) is 13.4. The first-order valence-electron chi connectivity index (χ1n) is 22.8. The molecule has 0 unspecified atom stereocenters. The number of nitrogens with one attached hydrogen (secondary N) is 5. The van der Waals surface area contributed by atoms with Gasteiger partial charge in [0.2, 0.25) is 23.3 Å². The van der Waals surface area contributed by atoms with E-state index in [0.717, 1.165) is 41.0 Å². The number of hydrogen-bond donors (Lipinski definition) is 6. The van der Waals surface area contributed by atoms with Gasteiger partial charge in [-0.2, -0.15) is 13.2 Å². The number of nitrogens with zero attached hydrogens (tertiary/aromatic N) is 4. The van der Waals surface area contributed by atoms with Crippen molar-refractivity contribution in [1.82, 2.24) is 35.7 Å². The molecule has 16 nitrogen and oxygen atoms in total. The summed E-state index contributed by atoms with van der Waals surface area (Å²) in [5.41, 5.74) is 3.04. The van der Waals surface area contributed by atoms with Crippen LogP contribution in [0.25, 0.3) is 21.6 Å². The molecule has 6 N–H and O–H groups in total. The molecule has 0 saturated carbocycles. The average Bonchev–Trinajstić information content (AvgIpc) is 3.94. The van der Waals surface area contributed by atoms with E-state index in [4.69, 9.17) is 0 Å². The van der Waals surface area contributed by atoms with Crippen LogP contribution < -0.4 is 31.7 Å². The molecular weight excluding hydrogens is 928 g/mol. The summed E-state index contributed by atoms with van der Waals surface area (Å²) in [5.74, 6) is -2.99. The maximum absolute atomic E-state index is 14.1. The molecule has 2 aromatic heterocycles. The number of halogens is 3. The number of carbonyl (C=O) groups is 5. The minimum atomic E-state index is -4.95. The summed E-state index contributed by atoms with van der Waals surface area (Å²) in [6.07, 6.45) is -5.28. The van der Waals surface area contributed by atoms with Crippen LogP contribution in [0.4, 0.5) is 24.5 Å². The first-order valence-corrected chi connectivity index (χ1v) is 23.7. The Morgan fingerprint density at radius 3 is 2.20 bits per heavy atom. The highest BCUT2D eigenvalue weighted by Gasteiger charge is 2.44. The lowest BCUT2D eigenvalue weighted by atomic mass is 9.85. The molecule has 0 aliphatic carbocycles. The number of amides is 5. The van der Waals surface area contributed by atoms with E-state index >= 15 is 0 Å². The first kappa shape index (κ1) is 51.0. The minimum Gasteiger partial charge on any atom is -0.391 e. The van der Waals surface area contributed by atoms with Crippen molar-refractivity contribution < 1.29 is 42.3 Å². The van der Waals surface area contributed by atoms with Crippen LogP contribution in [0.1, 0.15) is 71.1 Å². The topological polar surface area (TPSA) is 209 Å². The number of likely N-dealkylation sites (tertiary alicyclic amines) is 1. The Bertz CT molecular complexity index is 2780. The molecule has 5 aromatic rings. The van der Waals surface area contributed by atoms with Gasteiger partial charge in [-0.05, 0) is 65.9 Å². The first-order chi connectivity index (χ1) is 33.2. The second-order valence-corrected chi connectivity index (χ2v) is 19.5. The number of likely N-dealkylation sites (N-methyl/N-ethyl adjacent to an activating group) is 1. The molecule has 2 saturated heterocycles. The molecule has 3 aromatic carbocycles. The molecule has 0 radical (unpaired) electrons.